The molecule has 0 atom stereocenters. The van der Waals surface area contributed by atoms with Crippen molar-refractivity contribution in [2.45, 2.75) is 92.4 Å². The number of phenolic OH excluding ortho intramolecular Hbond substituents is 1. The van der Waals surface area contributed by atoms with Gasteiger partial charge in [0.1, 0.15) is 11.6 Å². The molecule has 0 aliphatic heterocycles. The fourth-order valence-corrected chi connectivity index (χ4v) is 9.10. The molecule has 330 valence electrons. The van der Waals surface area contributed by atoms with Crippen molar-refractivity contribution in [3.05, 3.63) is 192 Å². The maximum Gasteiger partial charge on any atom is 0.149 e. The lowest BCUT2D eigenvalue weighted by Crippen LogP contribution is -2.10. The van der Waals surface area contributed by atoms with Crippen LogP contribution in [0.1, 0.15) is 109 Å². The molecule has 66 heavy (non-hydrogen) atoms. The molecule has 0 aliphatic carbocycles. The number of rotatable bonds is 10. The molecule has 0 aliphatic rings. The minimum absolute atomic E-state index is 0.0222. The topological polar surface area (TPSA) is 50.9 Å². The molecule has 0 unspecified atom stereocenters. The summed E-state index contributed by atoms with van der Waals surface area (Å²) in [6.45, 7) is 21.4. The quantitative estimate of drug-likeness (QED) is 0.149. The van der Waals surface area contributed by atoms with Crippen LogP contribution < -0.4 is 0 Å². The summed E-state index contributed by atoms with van der Waals surface area (Å²) in [6, 6.07) is 56.1. The first-order valence-electron chi connectivity index (χ1n) is 23.8. The number of nitrogens with zero attached hydrogens (tertiary/aromatic N) is 3. The van der Waals surface area contributed by atoms with Crippen molar-refractivity contribution in [2.75, 3.05) is 0 Å². The van der Waals surface area contributed by atoms with Gasteiger partial charge in [-0.15, -0.1) is 0 Å². The molecule has 0 saturated carbocycles. The van der Waals surface area contributed by atoms with Crippen LogP contribution in [0, 0.1) is 6.92 Å². The highest BCUT2D eigenvalue weighted by atomic mass is 16.3. The third-order valence-electron chi connectivity index (χ3n) is 13.0. The van der Waals surface area contributed by atoms with Crippen LogP contribution in [0.25, 0.3) is 83.9 Å². The molecule has 4 heteroatoms. The van der Waals surface area contributed by atoms with Crippen molar-refractivity contribution < 1.29 is 6.48 Å². The Morgan fingerprint density at radius 2 is 1.23 bits per heavy atom. The molecule has 2 heterocycles. The second-order valence-electron chi connectivity index (χ2n) is 19.8. The number of pyridine rings is 1. The number of para-hydroxylation sites is 1. The molecule has 0 saturated heterocycles. The van der Waals surface area contributed by atoms with E-state index < -0.39 is 5.89 Å². The lowest BCUT2D eigenvalue weighted by Gasteiger charge is -2.21. The number of aromatic nitrogens is 3. The summed E-state index contributed by atoms with van der Waals surface area (Å²) < 4.78 is 10.8. The minimum Gasteiger partial charge on any atom is -0.507 e. The van der Waals surface area contributed by atoms with Crippen LogP contribution >= 0.6 is 0 Å². The second kappa shape index (κ2) is 17.7. The summed E-state index contributed by atoms with van der Waals surface area (Å²) in [5.41, 5.74) is 19.3. The van der Waals surface area contributed by atoms with E-state index in [1.54, 1.807) is 0 Å². The number of imidazole rings is 1. The van der Waals surface area contributed by atoms with Gasteiger partial charge in [0.2, 0.25) is 0 Å². The van der Waals surface area contributed by atoms with Crippen molar-refractivity contribution >= 4 is 11.0 Å². The maximum atomic E-state index is 12.3. The number of aromatic hydroxyl groups is 1. The monoisotopic (exact) mass is 864 g/mol. The Bertz CT molecular complexity index is 3260. The van der Waals surface area contributed by atoms with E-state index in [0.717, 1.165) is 94.7 Å². The van der Waals surface area contributed by atoms with Crippen molar-refractivity contribution in [1.29, 1.82) is 0 Å². The van der Waals surface area contributed by atoms with E-state index in [0.29, 0.717) is 11.4 Å². The van der Waals surface area contributed by atoms with Crippen LogP contribution in [0.5, 0.6) is 5.75 Å². The molecule has 2 aromatic heterocycles. The molecule has 1 N–H and O–H groups in total. The lowest BCUT2D eigenvalue weighted by molar-refractivity contribution is 0.466. The van der Waals surface area contributed by atoms with E-state index in [1.165, 1.54) is 5.56 Å². The molecule has 0 fully saturated rings. The number of hydrogen-bond donors (Lipinski definition) is 1. The van der Waals surface area contributed by atoms with Crippen LogP contribution in [0.4, 0.5) is 0 Å². The second-order valence-corrected chi connectivity index (χ2v) is 19.8. The summed E-state index contributed by atoms with van der Waals surface area (Å²) in [7, 11) is 0. The van der Waals surface area contributed by atoms with Crippen molar-refractivity contribution in [3.63, 3.8) is 0 Å². The zero-order valence-electron chi connectivity index (χ0n) is 41.0. The van der Waals surface area contributed by atoms with E-state index in [4.69, 9.17) is 11.3 Å². The van der Waals surface area contributed by atoms with Gasteiger partial charge >= 0.3 is 0 Å². The molecule has 0 bridgehead atoms. The molecular weight excluding hydrogens is 803 g/mol. The highest BCUT2D eigenvalue weighted by Gasteiger charge is 2.25. The first-order valence-corrected chi connectivity index (χ1v) is 23.3. The van der Waals surface area contributed by atoms with Crippen molar-refractivity contribution in [2.24, 2.45) is 0 Å². The smallest absolute Gasteiger partial charge is 0.149 e. The molecule has 7 aromatic carbocycles. The molecule has 9 rings (SSSR count). The Hall–Kier alpha value is -7.04. The first-order chi connectivity index (χ1) is 31.9. The summed E-state index contributed by atoms with van der Waals surface area (Å²) in [6.07, 6.45) is 1.88. The van der Waals surface area contributed by atoms with Gasteiger partial charge in [-0.3, -0.25) is 9.55 Å². The summed E-state index contributed by atoms with van der Waals surface area (Å²) >= 11 is 0. The standard InChI is InChI=1S/C62H61N3O/c1-38(2)42-20-22-44(23-21-42)46-29-30-63-56(37-46)50-33-48(43-15-12-11-13-16-43)32-49(34-50)52-17-14-18-58-59(52)64-61(55-36-47(39(3)4)35-53(40(5)6)60(55)66)65(58)57-28-19-41(7)31-54(57)45-24-26-51(27-25-45)62(8,9)10/h11-40,66H,1-10H3/i38D. The highest BCUT2D eigenvalue weighted by Crippen LogP contribution is 2.45. The number of hydrogen-bond acceptors (Lipinski definition) is 3. The Balaban J connectivity index is 1.30. The largest absolute Gasteiger partial charge is 0.507 e. The maximum absolute atomic E-state index is 12.3. The van der Waals surface area contributed by atoms with Gasteiger partial charge in [-0.2, -0.15) is 0 Å². The predicted molar refractivity (Wildman–Crippen MR) is 279 cm³/mol. The minimum atomic E-state index is -0.675. The molecule has 9 aromatic rings. The van der Waals surface area contributed by atoms with Gasteiger partial charge in [0, 0.05) is 24.3 Å². The van der Waals surface area contributed by atoms with Gasteiger partial charge in [-0.25, -0.2) is 4.98 Å². The van der Waals surface area contributed by atoms with Gasteiger partial charge in [0.15, 0.2) is 0 Å². The summed E-state index contributed by atoms with van der Waals surface area (Å²) in [5.74, 6) is 0.615. The van der Waals surface area contributed by atoms with E-state index >= 15 is 0 Å². The van der Waals surface area contributed by atoms with Crippen LogP contribution in [-0.4, -0.2) is 19.6 Å². The van der Waals surface area contributed by atoms with Gasteiger partial charge < -0.3 is 5.11 Å². The average Bonchev–Trinajstić information content (AvgIpc) is 3.70. The zero-order valence-corrected chi connectivity index (χ0v) is 40.0. The molecule has 0 spiro atoms. The zero-order chi connectivity index (χ0) is 47.4. The highest BCUT2D eigenvalue weighted by molar-refractivity contribution is 5.98. The van der Waals surface area contributed by atoms with Crippen LogP contribution in [0.2, 0.25) is 0 Å². The number of fused-ring (bicyclic) bond motifs is 1. The van der Waals surface area contributed by atoms with Gasteiger partial charge in [0.25, 0.3) is 0 Å². The van der Waals surface area contributed by atoms with Crippen LogP contribution in [-0.2, 0) is 5.41 Å². The van der Waals surface area contributed by atoms with E-state index in [2.05, 4.69) is 206 Å². The van der Waals surface area contributed by atoms with E-state index in [1.807, 2.05) is 32.2 Å². The first kappa shape index (κ1) is 42.9. The number of phenols is 1. The SMILES string of the molecule is [2H]C(C)(C)c1ccc(-c2ccnc(-c3cc(-c4ccccc4)cc(-c4cccc5c4nc(-c4cc(C(C)C)cc(C(C)C)c4O)n5-c4ccc(C)cc4-c4ccc(C(C)(C)C)cc4)c3)c2)cc1. The van der Waals surface area contributed by atoms with Gasteiger partial charge in [-0.05, 0) is 140 Å². The molecule has 0 radical (unpaired) electrons. The van der Waals surface area contributed by atoms with Crippen molar-refractivity contribution in [1.82, 2.24) is 14.5 Å². The van der Waals surface area contributed by atoms with Gasteiger partial charge in [-0.1, -0.05) is 171 Å². The Morgan fingerprint density at radius 3 is 1.91 bits per heavy atom. The Labute approximate surface area is 393 Å². The van der Waals surface area contributed by atoms with Crippen LogP contribution in [0.3, 0.4) is 0 Å². The predicted octanol–water partition coefficient (Wildman–Crippen LogP) is 17.1. The average molecular weight is 865 g/mol. The third-order valence-corrected chi connectivity index (χ3v) is 13.0. The Kier molecular flexibility index (Phi) is 11.5. The van der Waals surface area contributed by atoms with E-state index in [-0.39, 0.29) is 23.0 Å². The fourth-order valence-electron chi connectivity index (χ4n) is 9.10. The lowest BCUT2D eigenvalue weighted by atomic mass is 9.86. The third kappa shape index (κ3) is 8.61. The molecule has 0 amide bonds. The normalized spacial score (nSPS) is 12.3. The van der Waals surface area contributed by atoms with Crippen LogP contribution in [0.15, 0.2) is 164 Å². The summed E-state index contributed by atoms with van der Waals surface area (Å²) in [4.78, 5) is 10.6. The molecule has 4 nitrogen and oxygen atoms in total. The Morgan fingerprint density at radius 1 is 0.545 bits per heavy atom. The summed E-state index contributed by atoms with van der Waals surface area (Å²) in [5, 5.41) is 12.3. The van der Waals surface area contributed by atoms with Gasteiger partial charge in [0.05, 0.1) is 28.0 Å². The fraction of sp³-hybridized carbons (Fsp3) is 0.226. The number of aryl methyl sites for hydroxylation is 1. The van der Waals surface area contributed by atoms with E-state index in [9.17, 15) is 5.11 Å². The van der Waals surface area contributed by atoms with Crippen molar-refractivity contribution in [3.8, 4) is 78.6 Å². The molecular formula is C62H61N3O. The number of benzene rings is 7.